The van der Waals surface area contributed by atoms with E-state index in [0.717, 1.165) is 5.56 Å². The molecule has 0 radical (unpaired) electrons. The predicted molar refractivity (Wildman–Crippen MR) is 102 cm³/mol. The van der Waals surface area contributed by atoms with E-state index in [0.29, 0.717) is 28.5 Å². The topological polar surface area (TPSA) is 95.6 Å². The van der Waals surface area contributed by atoms with Gasteiger partial charge in [0.05, 0.1) is 20.8 Å². The number of aromatic amines is 1. The van der Waals surface area contributed by atoms with Gasteiger partial charge in [-0.05, 0) is 37.3 Å². The van der Waals surface area contributed by atoms with Crippen LogP contribution in [0.15, 0.2) is 42.5 Å². The summed E-state index contributed by atoms with van der Waals surface area (Å²) in [6.45, 7) is 2.25. The van der Waals surface area contributed by atoms with E-state index >= 15 is 0 Å². The van der Waals surface area contributed by atoms with E-state index in [9.17, 15) is 4.79 Å². The van der Waals surface area contributed by atoms with Crippen molar-refractivity contribution in [2.24, 2.45) is 0 Å². The summed E-state index contributed by atoms with van der Waals surface area (Å²) in [7, 11) is 3.19. The smallest absolute Gasteiger partial charge is 0.361 e. The van der Waals surface area contributed by atoms with Gasteiger partial charge in [-0.1, -0.05) is 6.07 Å². The zero-order valence-electron chi connectivity index (χ0n) is 15.9. The van der Waals surface area contributed by atoms with Crippen molar-refractivity contribution in [3.05, 3.63) is 53.7 Å². The highest BCUT2D eigenvalue weighted by Gasteiger charge is 2.20. The number of methoxy groups -OCH3 is 2. The van der Waals surface area contributed by atoms with E-state index in [1.165, 1.54) is 0 Å². The van der Waals surface area contributed by atoms with Crippen LogP contribution in [-0.2, 0) is 11.3 Å². The number of carbonyl (C=O) groups excluding carboxylic acids is 1. The fourth-order valence-corrected chi connectivity index (χ4v) is 2.66. The maximum Gasteiger partial charge on any atom is 0.361 e. The lowest BCUT2D eigenvalue weighted by Gasteiger charge is -2.12. The van der Waals surface area contributed by atoms with Crippen molar-refractivity contribution < 1.29 is 23.7 Å². The molecule has 1 N–H and O–H groups in total. The van der Waals surface area contributed by atoms with Crippen LogP contribution in [0.25, 0.3) is 11.3 Å². The Balaban J connectivity index is 1.86. The monoisotopic (exact) mass is 383 g/mol. The van der Waals surface area contributed by atoms with E-state index in [1.807, 2.05) is 24.3 Å². The number of nitrogens with zero attached hydrogens (tertiary/aromatic N) is 2. The normalized spacial score (nSPS) is 10.4. The molecule has 1 aromatic heterocycles. The van der Waals surface area contributed by atoms with Gasteiger partial charge in [-0.15, -0.1) is 5.10 Å². The molecule has 3 rings (SSSR count). The van der Waals surface area contributed by atoms with Crippen molar-refractivity contribution in [2.45, 2.75) is 13.5 Å². The van der Waals surface area contributed by atoms with Crippen LogP contribution in [0.3, 0.4) is 0 Å². The van der Waals surface area contributed by atoms with Crippen LogP contribution in [0, 0.1) is 0 Å². The number of ether oxygens (including phenoxy) is 4. The number of esters is 1. The third kappa shape index (κ3) is 4.22. The molecule has 8 nitrogen and oxygen atoms in total. The Morgan fingerprint density at radius 2 is 1.86 bits per heavy atom. The van der Waals surface area contributed by atoms with Gasteiger partial charge in [-0.2, -0.15) is 10.3 Å². The number of rotatable bonds is 8. The third-order valence-electron chi connectivity index (χ3n) is 4.01. The Morgan fingerprint density at radius 1 is 1.04 bits per heavy atom. The van der Waals surface area contributed by atoms with Crippen LogP contribution in [0.1, 0.15) is 23.0 Å². The molecule has 0 spiro atoms. The van der Waals surface area contributed by atoms with Crippen molar-refractivity contribution >= 4 is 5.97 Å². The highest BCUT2D eigenvalue weighted by Crippen LogP contribution is 2.29. The number of hydrogen-bond donors (Lipinski definition) is 1. The van der Waals surface area contributed by atoms with Gasteiger partial charge in [0.1, 0.15) is 29.5 Å². The molecule has 3 aromatic rings. The molecule has 0 amide bonds. The average molecular weight is 383 g/mol. The highest BCUT2D eigenvalue weighted by molar-refractivity contribution is 5.94. The van der Waals surface area contributed by atoms with Gasteiger partial charge in [-0.3, -0.25) is 0 Å². The summed E-state index contributed by atoms with van der Waals surface area (Å²) in [5.41, 5.74) is 2.03. The maximum absolute atomic E-state index is 12.1. The van der Waals surface area contributed by atoms with Gasteiger partial charge in [0.2, 0.25) is 0 Å². The highest BCUT2D eigenvalue weighted by atomic mass is 16.5. The van der Waals surface area contributed by atoms with Gasteiger partial charge in [0, 0.05) is 17.2 Å². The van der Waals surface area contributed by atoms with Gasteiger partial charge in [0.25, 0.3) is 0 Å². The number of carbonyl (C=O) groups is 1. The summed E-state index contributed by atoms with van der Waals surface area (Å²) >= 11 is 0. The molecular formula is C20H21N3O5. The second kappa shape index (κ2) is 8.90. The van der Waals surface area contributed by atoms with Crippen molar-refractivity contribution in [2.75, 3.05) is 20.8 Å². The van der Waals surface area contributed by atoms with Crippen LogP contribution in [-0.4, -0.2) is 42.2 Å². The third-order valence-corrected chi connectivity index (χ3v) is 4.01. The SMILES string of the molecule is CCOC(=O)c1n[nH]nc1-c1ccc(OC)c(COc2cccc(OC)c2)c1. The van der Waals surface area contributed by atoms with Crippen LogP contribution < -0.4 is 14.2 Å². The Bertz CT molecular complexity index is 955. The molecule has 0 bridgehead atoms. The minimum atomic E-state index is -0.531. The zero-order chi connectivity index (χ0) is 19.9. The Kier molecular flexibility index (Phi) is 6.11. The standard InChI is InChI=1S/C20H21N3O5/c1-4-27-20(24)19-18(21-23-22-19)13-8-9-17(26-3)14(10-13)12-28-16-7-5-6-15(11-16)25-2/h5-11H,4,12H2,1-3H3,(H,21,22,23). The van der Waals surface area contributed by atoms with Crippen molar-refractivity contribution in [3.63, 3.8) is 0 Å². The van der Waals surface area contributed by atoms with Gasteiger partial charge < -0.3 is 18.9 Å². The van der Waals surface area contributed by atoms with Crippen molar-refractivity contribution in [1.82, 2.24) is 15.4 Å². The number of benzene rings is 2. The Labute approximate surface area is 162 Å². The molecule has 0 aliphatic rings. The molecule has 0 saturated carbocycles. The molecule has 0 aliphatic heterocycles. The number of nitrogens with one attached hydrogen (secondary N) is 1. The number of H-pyrrole nitrogens is 1. The van der Waals surface area contributed by atoms with Crippen LogP contribution in [0.5, 0.6) is 17.2 Å². The van der Waals surface area contributed by atoms with E-state index in [1.54, 1.807) is 39.3 Å². The predicted octanol–water partition coefficient (Wildman–Crippen LogP) is 3.24. The van der Waals surface area contributed by atoms with Crippen LogP contribution >= 0.6 is 0 Å². The van der Waals surface area contributed by atoms with Gasteiger partial charge >= 0.3 is 5.97 Å². The first-order valence-electron chi connectivity index (χ1n) is 8.68. The van der Waals surface area contributed by atoms with Crippen LogP contribution in [0.2, 0.25) is 0 Å². The average Bonchev–Trinajstić information content (AvgIpc) is 3.22. The summed E-state index contributed by atoms with van der Waals surface area (Å²) < 4.78 is 21.5. The quantitative estimate of drug-likeness (QED) is 0.597. The fourth-order valence-electron chi connectivity index (χ4n) is 2.66. The first-order valence-corrected chi connectivity index (χ1v) is 8.68. The van der Waals surface area contributed by atoms with E-state index < -0.39 is 5.97 Å². The van der Waals surface area contributed by atoms with Crippen LogP contribution in [0.4, 0.5) is 0 Å². The molecule has 0 unspecified atom stereocenters. The first kappa shape index (κ1) is 19.2. The lowest BCUT2D eigenvalue weighted by atomic mass is 10.1. The molecule has 2 aromatic carbocycles. The van der Waals surface area contributed by atoms with Crippen molar-refractivity contribution in [1.29, 1.82) is 0 Å². The Hall–Kier alpha value is -3.55. The molecule has 0 aliphatic carbocycles. The second-order valence-electron chi connectivity index (χ2n) is 5.74. The van der Waals surface area contributed by atoms with Gasteiger partial charge in [-0.25, -0.2) is 4.79 Å². The number of aromatic nitrogens is 3. The summed E-state index contributed by atoms with van der Waals surface area (Å²) in [4.78, 5) is 12.1. The molecular weight excluding hydrogens is 362 g/mol. The molecule has 146 valence electrons. The molecule has 28 heavy (non-hydrogen) atoms. The molecule has 0 saturated heterocycles. The summed E-state index contributed by atoms with van der Waals surface area (Å²) in [5.74, 6) is 1.50. The molecule has 8 heteroatoms. The van der Waals surface area contributed by atoms with E-state index in [-0.39, 0.29) is 18.9 Å². The minimum absolute atomic E-state index is 0.131. The Morgan fingerprint density at radius 3 is 2.61 bits per heavy atom. The summed E-state index contributed by atoms with van der Waals surface area (Å²) in [6, 6.07) is 12.8. The lowest BCUT2D eigenvalue weighted by Crippen LogP contribution is -2.07. The van der Waals surface area contributed by atoms with Crippen molar-refractivity contribution in [3.8, 4) is 28.5 Å². The fraction of sp³-hybridized carbons (Fsp3) is 0.250. The summed E-state index contributed by atoms with van der Waals surface area (Å²) in [6.07, 6.45) is 0. The lowest BCUT2D eigenvalue weighted by molar-refractivity contribution is 0.0520. The molecule has 0 fully saturated rings. The summed E-state index contributed by atoms with van der Waals surface area (Å²) in [5, 5.41) is 10.5. The zero-order valence-corrected chi connectivity index (χ0v) is 15.9. The second-order valence-corrected chi connectivity index (χ2v) is 5.74. The minimum Gasteiger partial charge on any atom is -0.497 e. The maximum atomic E-state index is 12.1. The first-order chi connectivity index (χ1) is 13.7. The molecule has 1 heterocycles. The molecule has 0 atom stereocenters. The number of hydrogen-bond acceptors (Lipinski definition) is 7. The van der Waals surface area contributed by atoms with E-state index in [2.05, 4.69) is 15.4 Å². The van der Waals surface area contributed by atoms with E-state index in [4.69, 9.17) is 18.9 Å². The van der Waals surface area contributed by atoms with Gasteiger partial charge in [0.15, 0.2) is 5.69 Å². The largest absolute Gasteiger partial charge is 0.497 e.